The van der Waals surface area contributed by atoms with E-state index < -0.39 is 0 Å². The Morgan fingerprint density at radius 1 is 1.17 bits per heavy atom. The molecule has 2 rings (SSSR count). The summed E-state index contributed by atoms with van der Waals surface area (Å²) >= 11 is 0. The molecule has 0 unspecified atom stereocenters. The van der Waals surface area contributed by atoms with Crippen LogP contribution < -0.4 is 16.0 Å². The number of benzene rings is 1. The van der Waals surface area contributed by atoms with Gasteiger partial charge in [0.15, 0.2) is 0 Å². The molecule has 3 nitrogen and oxygen atoms in total. The van der Waals surface area contributed by atoms with Gasteiger partial charge in [0, 0.05) is 25.7 Å². The summed E-state index contributed by atoms with van der Waals surface area (Å²) in [5.41, 5.74) is 8.65. The molecule has 1 saturated heterocycles. The lowest BCUT2D eigenvalue weighted by atomic mass is 9.91. The molecule has 0 aliphatic carbocycles. The topological polar surface area (TPSA) is 41.3 Å². The van der Waals surface area contributed by atoms with Crippen LogP contribution in [0.1, 0.15) is 33.6 Å². The van der Waals surface area contributed by atoms with Gasteiger partial charge in [0.2, 0.25) is 0 Å². The maximum Gasteiger partial charge on any atom is 0.0601 e. The van der Waals surface area contributed by atoms with E-state index in [1.807, 2.05) is 20.9 Å². The van der Waals surface area contributed by atoms with Gasteiger partial charge >= 0.3 is 0 Å². The molecule has 102 valence electrons. The molecule has 0 atom stereocenters. The third-order valence-corrected chi connectivity index (χ3v) is 3.42. The Morgan fingerprint density at radius 2 is 1.72 bits per heavy atom. The summed E-state index contributed by atoms with van der Waals surface area (Å²) in [5, 5.41) is 3.24. The molecule has 1 aromatic carbocycles. The smallest absolute Gasteiger partial charge is 0.0601 e. The summed E-state index contributed by atoms with van der Waals surface area (Å²) in [6.45, 7) is 8.24. The van der Waals surface area contributed by atoms with Gasteiger partial charge < -0.3 is 16.0 Å². The molecule has 0 amide bonds. The van der Waals surface area contributed by atoms with E-state index in [1.54, 1.807) is 0 Å². The van der Waals surface area contributed by atoms with Crippen LogP contribution in [0.5, 0.6) is 0 Å². The van der Waals surface area contributed by atoms with Crippen molar-refractivity contribution in [3.63, 3.8) is 0 Å². The number of hydrogen-bond donors (Lipinski definition) is 2. The molecule has 3 N–H and O–H groups in total. The van der Waals surface area contributed by atoms with Gasteiger partial charge in [0.1, 0.15) is 0 Å². The van der Waals surface area contributed by atoms with Crippen molar-refractivity contribution in [3.8, 4) is 0 Å². The summed E-state index contributed by atoms with van der Waals surface area (Å²) in [4.78, 5) is 2.42. The van der Waals surface area contributed by atoms with Crippen LogP contribution >= 0.6 is 0 Å². The van der Waals surface area contributed by atoms with Crippen molar-refractivity contribution in [1.82, 2.24) is 0 Å². The average Bonchev–Trinajstić information content (AvgIpc) is 2.41. The van der Waals surface area contributed by atoms with Crippen LogP contribution in [-0.4, -0.2) is 25.7 Å². The zero-order valence-corrected chi connectivity index (χ0v) is 12.2. The van der Waals surface area contributed by atoms with Crippen molar-refractivity contribution in [1.29, 1.82) is 0 Å². The van der Waals surface area contributed by atoms with Crippen LogP contribution in [0, 0.1) is 0 Å². The average molecular weight is 249 g/mol. The van der Waals surface area contributed by atoms with Gasteiger partial charge in [-0.3, -0.25) is 0 Å². The quantitative estimate of drug-likeness (QED) is 0.846. The fourth-order valence-electron chi connectivity index (χ4n) is 2.22. The minimum atomic E-state index is 0.0189. The maximum absolute atomic E-state index is 6.15. The van der Waals surface area contributed by atoms with E-state index in [0.717, 1.165) is 25.9 Å². The van der Waals surface area contributed by atoms with E-state index in [0.29, 0.717) is 0 Å². The molecule has 0 aromatic heterocycles. The molecule has 1 fully saturated rings. The fourth-order valence-corrected chi connectivity index (χ4v) is 2.22. The van der Waals surface area contributed by atoms with Gasteiger partial charge in [-0.2, -0.15) is 0 Å². The molecule has 0 bridgehead atoms. The predicted molar refractivity (Wildman–Crippen MR) is 81.4 cm³/mol. The Morgan fingerprint density at radius 3 is 2.28 bits per heavy atom. The number of hydrogen-bond acceptors (Lipinski definition) is 3. The number of rotatable bonds is 2. The molecule has 18 heavy (non-hydrogen) atoms. The van der Waals surface area contributed by atoms with E-state index in [-0.39, 0.29) is 5.54 Å². The molecule has 1 aliphatic rings. The lowest BCUT2D eigenvalue weighted by Crippen LogP contribution is -2.48. The summed E-state index contributed by atoms with van der Waals surface area (Å²) < 4.78 is 0. The van der Waals surface area contributed by atoms with Crippen LogP contribution in [-0.2, 0) is 0 Å². The highest BCUT2D eigenvalue weighted by Crippen LogP contribution is 2.29. The van der Waals surface area contributed by atoms with E-state index in [9.17, 15) is 0 Å². The lowest BCUT2D eigenvalue weighted by Gasteiger charge is -2.38. The van der Waals surface area contributed by atoms with Gasteiger partial charge in [-0.05, 0) is 31.9 Å². The molecular weight excluding hydrogens is 222 g/mol. The van der Waals surface area contributed by atoms with Gasteiger partial charge in [0.05, 0.1) is 11.4 Å². The number of piperidine rings is 1. The van der Waals surface area contributed by atoms with Crippen molar-refractivity contribution >= 4 is 11.4 Å². The minimum absolute atomic E-state index is 0.0189. The van der Waals surface area contributed by atoms with Crippen molar-refractivity contribution in [2.75, 3.05) is 30.4 Å². The Hall–Kier alpha value is -1.22. The van der Waals surface area contributed by atoms with Crippen LogP contribution in [0.4, 0.5) is 11.4 Å². The van der Waals surface area contributed by atoms with Gasteiger partial charge in [-0.25, -0.2) is 0 Å². The standard InChI is InChI=1S/C13H21N3.C2H6/c1-13(14)7-9-16(10-8-13)12-6-4-3-5-11(12)15-2;1-2/h3-6,15H,7-10,14H2,1-2H3;1-2H3. The van der Waals surface area contributed by atoms with Crippen molar-refractivity contribution in [2.24, 2.45) is 5.73 Å². The number of nitrogens with two attached hydrogens (primary N) is 1. The largest absolute Gasteiger partial charge is 0.386 e. The van der Waals surface area contributed by atoms with Crippen LogP contribution in [0.2, 0.25) is 0 Å². The first-order chi connectivity index (χ1) is 8.62. The van der Waals surface area contributed by atoms with Gasteiger partial charge in [-0.1, -0.05) is 26.0 Å². The van der Waals surface area contributed by atoms with Crippen molar-refractivity contribution < 1.29 is 0 Å². The minimum Gasteiger partial charge on any atom is -0.386 e. The van der Waals surface area contributed by atoms with Crippen molar-refractivity contribution in [3.05, 3.63) is 24.3 Å². The molecular formula is C15H27N3. The summed E-state index contributed by atoms with van der Waals surface area (Å²) in [7, 11) is 1.97. The fraction of sp³-hybridized carbons (Fsp3) is 0.600. The summed E-state index contributed by atoms with van der Waals surface area (Å²) in [5.74, 6) is 0. The molecule has 0 radical (unpaired) electrons. The van der Waals surface area contributed by atoms with Crippen LogP contribution in [0.3, 0.4) is 0 Å². The van der Waals surface area contributed by atoms with Crippen LogP contribution in [0.15, 0.2) is 24.3 Å². The number of para-hydroxylation sites is 2. The second-order valence-electron chi connectivity index (χ2n) is 4.91. The van der Waals surface area contributed by atoms with Crippen LogP contribution in [0.25, 0.3) is 0 Å². The van der Waals surface area contributed by atoms with E-state index in [2.05, 4.69) is 41.4 Å². The van der Waals surface area contributed by atoms with E-state index >= 15 is 0 Å². The maximum atomic E-state index is 6.15. The molecule has 1 heterocycles. The summed E-state index contributed by atoms with van der Waals surface area (Å²) in [6.07, 6.45) is 2.12. The third-order valence-electron chi connectivity index (χ3n) is 3.42. The first-order valence-corrected chi connectivity index (χ1v) is 6.93. The second kappa shape index (κ2) is 6.64. The highest BCUT2D eigenvalue weighted by Gasteiger charge is 2.26. The first-order valence-electron chi connectivity index (χ1n) is 6.93. The third kappa shape index (κ3) is 3.64. The molecule has 0 saturated carbocycles. The SMILES string of the molecule is CC.CNc1ccccc1N1CCC(C)(N)CC1. The first kappa shape index (κ1) is 14.8. The predicted octanol–water partition coefficient (Wildman–Crippen LogP) is 3.07. The normalized spacial score (nSPS) is 17.7. The molecule has 1 aliphatic heterocycles. The number of nitrogens with one attached hydrogen (secondary N) is 1. The highest BCUT2D eigenvalue weighted by molar-refractivity contribution is 5.69. The lowest BCUT2D eigenvalue weighted by molar-refractivity contribution is 0.364. The van der Waals surface area contributed by atoms with E-state index in [4.69, 9.17) is 5.73 Å². The molecule has 1 aromatic rings. The number of nitrogens with zero attached hydrogens (tertiary/aromatic N) is 1. The van der Waals surface area contributed by atoms with E-state index in [1.165, 1.54) is 11.4 Å². The Kier molecular flexibility index (Phi) is 5.48. The monoisotopic (exact) mass is 249 g/mol. The molecule has 3 heteroatoms. The Balaban J connectivity index is 0.000000771. The zero-order valence-electron chi connectivity index (χ0n) is 12.2. The highest BCUT2D eigenvalue weighted by atomic mass is 15.2. The van der Waals surface area contributed by atoms with Gasteiger partial charge in [0.25, 0.3) is 0 Å². The Bertz CT molecular complexity index is 351. The molecule has 0 spiro atoms. The zero-order chi connectivity index (χ0) is 13.6. The Labute approximate surface area is 111 Å². The second-order valence-corrected chi connectivity index (χ2v) is 4.91. The summed E-state index contributed by atoms with van der Waals surface area (Å²) in [6, 6.07) is 8.44. The van der Waals surface area contributed by atoms with Crippen molar-refractivity contribution in [2.45, 2.75) is 39.2 Å². The van der Waals surface area contributed by atoms with Gasteiger partial charge in [-0.15, -0.1) is 0 Å². The number of anilines is 2.